The fourth-order valence-electron chi connectivity index (χ4n) is 5.93. The summed E-state index contributed by atoms with van der Waals surface area (Å²) in [7, 11) is 0. The molecule has 8 nitrogen and oxygen atoms in total. The van der Waals surface area contributed by atoms with E-state index in [-0.39, 0.29) is 29.7 Å². The number of fused-ring (bicyclic) bond motifs is 2. The van der Waals surface area contributed by atoms with Gasteiger partial charge in [0.05, 0.1) is 29.1 Å². The number of aliphatic hydroxyl groups is 1. The van der Waals surface area contributed by atoms with Gasteiger partial charge >= 0.3 is 6.09 Å². The third-order valence-corrected chi connectivity index (χ3v) is 8.19. The molecular formula is C28H30ClN3O5. The van der Waals surface area contributed by atoms with Gasteiger partial charge in [-0.25, -0.2) is 9.78 Å². The third-order valence-electron chi connectivity index (χ3n) is 7.94. The highest BCUT2D eigenvalue weighted by Crippen LogP contribution is 2.48. The fraction of sp³-hybridized carbons (Fsp3) is 0.464. The number of amides is 1. The van der Waals surface area contributed by atoms with Crippen LogP contribution in [0.15, 0.2) is 41.2 Å². The normalized spacial score (nSPS) is 27.1. The van der Waals surface area contributed by atoms with Crippen molar-refractivity contribution in [2.45, 2.75) is 69.7 Å². The van der Waals surface area contributed by atoms with Crippen molar-refractivity contribution in [1.29, 1.82) is 0 Å². The molecule has 1 N–H and O–H groups in total. The van der Waals surface area contributed by atoms with E-state index in [0.717, 1.165) is 11.1 Å². The molecule has 1 saturated carbocycles. The average molecular weight is 524 g/mol. The van der Waals surface area contributed by atoms with E-state index < -0.39 is 5.60 Å². The minimum absolute atomic E-state index is 0.0144. The van der Waals surface area contributed by atoms with Crippen molar-refractivity contribution >= 4 is 28.6 Å². The van der Waals surface area contributed by atoms with Crippen molar-refractivity contribution in [2.75, 3.05) is 13.2 Å². The highest BCUT2D eigenvalue weighted by molar-refractivity contribution is 6.30. The summed E-state index contributed by atoms with van der Waals surface area (Å²) >= 11 is 6.03. The Morgan fingerprint density at radius 3 is 2.70 bits per heavy atom. The second-order valence-corrected chi connectivity index (χ2v) is 11.3. The molecule has 3 heterocycles. The maximum Gasteiger partial charge on any atom is 0.410 e. The van der Waals surface area contributed by atoms with Gasteiger partial charge in [0, 0.05) is 24.4 Å². The number of cyclic esters (lactones) is 1. The minimum Gasteiger partial charge on any atom is -0.490 e. The first-order chi connectivity index (χ1) is 17.7. The van der Waals surface area contributed by atoms with Crippen molar-refractivity contribution in [2.24, 2.45) is 0 Å². The minimum atomic E-state index is -0.699. The molecule has 3 fully saturated rings. The number of benzene rings is 2. The number of carbonyl (C=O) groups is 1. The zero-order valence-electron chi connectivity index (χ0n) is 20.9. The van der Waals surface area contributed by atoms with Crippen molar-refractivity contribution in [3.8, 4) is 5.75 Å². The quantitative estimate of drug-likeness (QED) is 0.533. The van der Waals surface area contributed by atoms with E-state index in [1.54, 1.807) is 9.47 Å². The Balaban J connectivity index is 1.36. The fourth-order valence-corrected chi connectivity index (χ4v) is 6.05. The smallest absolute Gasteiger partial charge is 0.410 e. The molecule has 0 radical (unpaired) electrons. The van der Waals surface area contributed by atoms with Crippen LogP contribution in [0.4, 0.5) is 4.79 Å². The Kier molecular flexibility index (Phi) is 5.92. The molecule has 2 aliphatic heterocycles. The van der Waals surface area contributed by atoms with Gasteiger partial charge in [-0.3, -0.25) is 9.36 Å². The SMILES string of the molecule is Cc1nc2cc(C3CC(C)(O)C3)c(O[C@H]3CCN4C(=O)OC[C@@H]4C3)cc2c(=O)n1Cc1ccc(Cl)cc1. The van der Waals surface area contributed by atoms with Crippen LogP contribution >= 0.6 is 11.6 Å². The van der Waals surface area contributed by atoms with E-state index in [1.165, 1.54) is 0 Å². The lowest BCUT2D eigenvalue weighted by atomic mass is 9.69. The van der Waals surface area contributed by atoms with Gasteiger partial charge in [0.25, 0.3) is 5.56 Å². The lowest BCUT2D eigenvalue weighted by molar-refractivity contribution is -0.0322. The van der Waals surface area contributed by atoms with E-state index in [4.69, 9.17) is 26.1 Å². The van der Waals surface area contributed by atoms with E-state index >= 15 is 0 Å². The molecule has 3 aliphatic rings. The molecule has 6 rings (SSSR count). The number of nitrogens with zero attached hydrogens (tertiary/aromatic N) is 3. The van der Waals surface area contributed by atoms with Crippen LogP contribution in [0.1, 0.15) is 55.5 Å². The Morgan fingerprint density at radius 2 is 1.97 bits per heavy atom. The second kappa shape index (κ2) is 9.03. The molecule has 2 atom stereocenters. The number of rotatable bonds is 5. The summed E-state index contributed by atoms with van der Waals surface area (Å²) in [4.78, 5) is 32.1. The number of aromatic nitrogens is 2. The van der Waals surface area contributed by atoms with Gasteiger partial charge in [-0.2, -0.15) is 0 Å². The first-order valence-electron chi connectivity index (χ1n) is 12.8. The van der Waals surface area contributed by atoms with E-state index in [2.05, 4.69) is 0 Å². The summed E-state index contributed by atoms with van der Waals surface area (Å²) < 4.78 is 13.4. The van der Waals surface area contributed by atoms with Crippen molar-refractivity contribution in [3.63, 3.8) is 0 Å². The van der Waals surface area contributed by atoms with Crippen LogP contribution in [0, 0.1) is 6.92 Å². The van der Waals surface area contributed by atoms with Gasteiger partial charge in [0.1, 0.15) is 24.3 Å². The first kappa shape index (κ1) is 24.2. The van der Waals surface area contributed by atoms with Crippen molar-refractivity contribution in [3.05, 3.63) is 68.7 Å². The monoisotopic (exact) mass is 523 g/mol. The summed E-state index contributed by atoms with van der Waals surface area (Å²) in [6, 6.07) is 11.2. The molecule has 2 saturated heterocycles. The topological polar surface area (TPSA) is 93.9 Å². The summed E-state index contributed by atoms with van der Waals surface area (Å²) in [5.41, 5.74) is 1.74. The number of halogens is 1. The van der Waals surface area contributed by atoms with Crippen LogP contribution < -0.4 is 10.3 Å². The molecule has 0 bridgehead atoms. The van der Waals surface area contributed by atoms with Gasteiger partial charge in [-0.15, -0.1) is 0 Å². The Bertz CT molecular complexity index is 1430. The van der Waals surface area contributed by atoms with Crippen molar-refractivity contribution in [1.82, 2.24) is 14.5 Å². The van der Waals surface area contributed by atoms with Gasteiger partial charge in [-0.05, 0) is 68.0 Å². The zero-order valence-corrected chi connectivity index (χ0v) is 21.7. The molecule has 194 valence electrons. The van der Waals surface area contributed by atoms with E-state index in [1.807, 2.05) is 50.2 Å². The molecule has 1 amide bonds. The van der Waals surface area contributed by atoms with Crippen LogP contribution in [0.3, 0.4) is 0 Å². The lowest BCUT2D eigenvalue weighted by Gasteiger charge is -2.42. The molecule has 9 heteroatoms. The summed E-state index contributed by atoms with van der Waals surface area (Å²) in [6.45, 7) is 5.04. The maximum absolute atomic E-state index is 13.7. The largest absolute Gasteiger partial charge is 0.490 e. The Labute approximate surface area is 219 Å². The molecule has 0 spiro atoms. The molecule has 1 aliphatic carbocycles. The first-order valence-corrected chi connectivity index (χ1v) is 13.2. The molecule has 0 unspecified atom stereocenters. The van der Waals surface area contributed by atoms with Crippen LogP contribution in [0.2, 0.25) is 5.02 Å². The Hall–Kier alpha value is -3.10. The Morgan fingerprint density at radius 1 is 1.22 bits per heavy atom. The molecular weight excluding hydrogens is 494 g/mol. The van der Waals surface area contributed by atoms with Crippen LogP contribution in [0.5, 0.6) is 5.75 Å². The third kappa shape index (κ3) is 4.57. The molecule has 37 heavy (non-hydrogen) atoms. The number of hydrogen-bond donors (Lipinski definition) is 1. The van der Waals surface area contributed by atoms with Crippen LogP contribution in [-0.4, -0.2) is 56.5 Å². The van der Waals surface area contributed by atoms with Gasteiger partial charge < -0.3 is 19.5 Å². The molecule has 1 aromatic heterocycles. The summed E-state index contributed by atoms with van der Waals surface area (Å²) in [6.07, 6.45) is 2.28. The maximum atomic E-state index is 13.7. The van der Waals surface area contributed by atoms with Crippen LogP contribution in [0.25, 0.3) is 10.9 Å². The zero-order chi connectivity index (χ0) is 25.9. The molecule has 3 aromatic rings. The van der Waals surface area contributed by atoms with Crippen molar-refractivity contribution < 1.29 is 19.4 Å². The van der Waals surface area contributed by atoms with Gasteiger partial charge in [0.2, 0.25) is 0 Å². The number of carbonyl (C=O) groups excluding carboxylic acids is 1. The van der Waals surface area contributed by atoms with Crippen LogP contribution in [-0.2, 0) is 11.3 Å². The van der Waals surface area contributed by atoms with E-state index in [0.29, 0.717) is 72.9 Å². The summed E-state index contributed by atoms with van der Waals surface area (Å²) in [5.74, 6) is 1.42. The predicted molar refractivity (Wildman–Crippen MR) is 139 cm³/mol. The second-order valence-electron chi connectivity index (χ2n) is 10.9. The lowest BCUT2D eigenvalue weighted by Crippen LogP contribution is -2.44. The number of piperidine rings is 1. The molecule has 2 aromatic carbocycles. The van der Waals surface area contributed by atoms with Gasteiger partial charge in [-0.1, -0.05) is 23.7 Å². The number of aryl methyl sites for hydroxylation is 1. The average Bonchev–Trinajstić information content (AvgIpc) is 3.21. The standard InChI is InChI=1S/C28H30ClN3O5/c1-16-30-24-10-22(18-12-28(2,35)13-18)25(37-21-7-8-31-20(9-21)15-36-27(31)34)11-23(24)26(33)32(16)14-17-3-5-19(29)6-4-17/h3-6,10-11,18,20-21,35H,7-9,12-15H2,1-2H3/t18?,20-,21-,28?/m0/s1. The highest BCUT2D eigenvalue weighted by Gasteiger charge is 2.42. The summed E-state index contributed by atoms with van der Waals surface area (Å²) in [5, 5.41) is 11.6. The number of hydrogen-bond acceptors (Lipinski definition) is 6. The predicted octanol–water partition coefficient (Wildman–Crippen LogP) is 4.40. The number of ether oxygens (including phenoxy) is 2. The highest BCUT2D eigenvalue weighted by atomic mass is 35.5. The van der Waals surface area contributed by atoms with Gasteiger partial charge in [0.15, 0.2) is 0 Å². The van der Waals surface area contributed by atoms with E-state index in [9.17, 15) is 14.7 Å².